The van der Waals surface area contributed by atoms with Crippen LogP contribution in [0.25, 0.3) is 0 Å². The van der Waals surface area contributed by atoms with E-state index in [1.807, 2.05) is 42.5 Å². The Hall–Kier alpha value is -2.09. The van der Waals surface area contributed by atoms with Crippen molar-refractivity contribution in [1.82, 2.24) is 5.32 Å². The monoisotopic (exact) mass is 251 g/mol. The minimum Gasteiger partial charge on any atom is -0.348 e. The number of carbonyl (C=O) groups is 1. The summed E-state index contributed by atoms with van der Waals surface area (Å²) < 4.78 is 0. The van der Waals surface area contributed by atoms with Crippen molar-refractivity contribution in [3.8, 4) is 0 Å². The van der Waals surface area contributed by atoms with Crippen molar-refractivity contribution >= 4 is 5.91 Å². The molecule has 0 saturated carbocycles. The Labute approximate surface area is 113 Å². The number of aryl methyl sites for hydroxylation is 1. The SMILES string of the molecule is O=C(NCc1ccccc1)c1cccc2c1CCC2. The van der Waals surface area contributed by atoms with E-state index in [1.54, 1.807) is 0 Å². The molecule has 0 radical (unpaired) electrons. The molecular weight excluding hydrogens is 234 g/mol. The van der Waals surface area contributed by atoms with Crippen LogP contribution in [0, 0.1) is 0 Å². The van der Waals surface area contributed by atoms with E-state index in [1.165, 1.54) is 11.1 Å². The van der Waals surface area contributed by atoms with Gasteiger partial charge in [-0.3, -0.25) is 4.79 Å². The third-order valence-corrected chi connectivity index (χ3v) is 3.69. The molecule has 0 spiro atoms. The number of hydrogen-bond acceptors (Lipinski definition) is 1. The first-order valence-corrected chi connectivity index (χ1v) is 6.77. The smallest absolute Gasteiger partial charge is 0.251 e. The summed E-state index contributed by atoms with van der Waals surface area (Å²) in [4.78, 5) is 12.3. The Morgan fingerprint density at radius 2 is 1.84 bits per heavy atom. The van der Waals surface area contributed by atoms with Gasteiger partial charge in [-0.15, -0.1) is 0 Å². The Bertz CT molecular complexity index is 589. The second-order valence-corrected chi connectivity index (χ2v) is 4.97. The van der Waals surface area contributed by atoms with Crippen LogP contribution in [0.4, 0.5) is 0 Å². The van der Waals surface area contributed by atoms with Crippen LogP contribution in [-0.2, 0) is 19.4 Å². The van der Waals surface area contributed by atoms with Crippen molar-refractivity contribution in [1.29, 1.82) is 0 Å². The normalized spacial score (nSPS) is 13.1. The number of amides is 1. The average Bonchev–Trinajstić information content (AvgIpc) is 2.94. The van der Waals surface area contributed by atoms with Crippen LogP contribution in [0.15, 0.2) is 48.5 Å². The molecule has 1 aliphatic carbocycles. The van der Waals surface area contributed by atoms with Crippen molar-refractivity contribution in [2.45, 2.75) is 25.8 Å². The van der Waals surface area contributed by atoms with E-state index >= 15 is 0 Å². The highest BCUT2D eigenvalue weighted by atomic mass is 16.1. The molecule has 0 aliphatic heterocycles. The van der Waals surface area contributed by atoms with E-state index in [0.29, 0.717) is 6.54 Å². The maximum atomic E-state index is 12.3. The predicted molar refractivity (Wildman–Crippen MR) is 76.1 cm³/mol. The van der Waals surface area contributed by atoms with Gasteiger partial charge in [0.25, 0.3) is 5.91 Å². The van der Waals surface area contributed by atoms with Gasteiger partial charge in [0.1, 0.15) is 0 Å². The molecule has 1 amide bonds. The summed E-state index contributed by atoms with van der Waals surface area (Å²) in [5, 5.41) is 3.01. The van der Waals surface area contributed by atoms with Crippen molar-refractivity contribution in [3.63, 3.8) is 0 Å². The second-order valence-electron chi connectivity index (χ2n) is 4.97. The number of hydrogen-bond donors (Lipinski definition) is 1. The molecule has 19 heavy (non-hydrogen) atoms. The fourth-order valence-corrected chi connectivity index (χ4v) is 2.71. The summed E-state index contributed by atoms with van der Waals surface area (Å²) >= 11 is 0. The molecule has 0 fully saturated rings. The number of nitrogens with one attached hydrogen (secondary N) is 1. The molecule has 1 N–H and O–H groups in total. The number of fused-ring (bicyclic) bond motifs is 1. The van der Waals surface area contributed by atoms with Crippen molar-refractivity contribution in [2.75, 3.05) is 0 Å². The number of carbonyl (C=O) groups excluding carboxylic acids is 1. The van der Waals surface area contributed by atoms with Crippen LogP contribution in [0.2, 0.25) is 0 Å². The zero-order valence-corrected chi connectivity index (χ0v) is 10.9. The number of rotatable bonds is 3. The van der Waals surface area contributed by atoms with E-state index in [2.05, 4.69) is 11.4 Å². The summed E-state index contributed by atoms with van der Waals surface area (Å²) in [6.45, 7) is 0.587. The summed E-state index contributed by atoms with van der Waals surface area (Å²) in [6.07, 6.45) is 3.30. The van der Waals surface area contributed by atoms with E-state index < -0.39 is 0 Å². The van der Waals surface area contributed by atoms with Crippen LogP contribution < -0.4 is 5.32 Å². The first-order valence-electron chi connectivity index (χ1n) is 6.77. The fourth-order valence-electron chi connectivity index (χ4n) is 2.71. The van der Waals surface area contributed by atoms with Gasteiger partial charge in [0.2, 0.25) is 0 Å². The van der Waals surface area contributed by atoms with Crippen LogP contribution in [0.1, 0.15) is 33.5 Å². The summed E-state index contributed by atoms with van der Waals surface area (Å²) in [7, 11) is 0. The Kier molecular flexibility index (Phi) is 3.32. The summed E-state index contributed by atoms with van der Waals surface area (Å²) in [5.41, 5.74) is 4.56. The zero-order chi connectivity index (χ0) is 13.1. The predicted octanol–water partition coefficient (Wildman–Crippen LogP) is 3.11. The van der Waals surface area contributed by atoms with Crippen molar-refractivity contribution in [3.05, 3.63) is 70.8 Å². The van der Waals surface area contributed by atoms with Crippen LogP contribution in [-0.4, -0.2) is 5.91 Å². The molecule has 0 atom stereocenters. The van der Waals surface area contributed by atoms with E-state index in [4.69, 9.17) is 0 Å². The first kappa shape index (κ1) is 12.0. The van der Waals surface area contributed by atoms with E-state index in [-0.39, 0.29) is 5.91 Å². The standard InChI is InChI=1S/C17H17NO/c19-17(18-12-13-6-2-1-3-7-13)16-11-5-9-14-8-4-10-15(14)16/h1-3,5-7,9,11H,4,8,10,12H2,(H,18,19). The lowest BCUT2D eigenvalue weighted by molar-refractivity contribution is 0.0950. The fraction of sp³-hybridized carbons (Fsp3) is 0.235. The third-order valence-electron chi connectivity index (χ3n) is 3.69. The van der Waals surface area contributed by atoms with Crippen LogP contribution in [0.5, 0.6) is 0 Å². The topological polar surface area (TPSA) is 29.1 Å². The van der Waals surface area contributed by atoms with Gasteiger partial charge in [-0.25, -0.2) is 0 Å². The van der Waals surface area contributed by atoms with Crippen molar-refractivity contribution in [2.24, 2.45) is 0 Å². The highest BCUT2D eigenvalue weighted by Crippen LogP contribution is 2.25. The lowest BCUT2D eigenvalue weighted by Gasteiger charge is -2.09. The molecule has 96 valence electrons. The quantitative estimate of drug-likeness (QED) is 0.892. The molecule has 0 unspecified atom stereocenters. The lowest BCUT2D eigenvalue weighted by Crippen LogP contribution is -2.24. The molecule has 3 rings (SSSR count). The average molecular weight is 251 g/mol. The molecule has 0 aromatic heterocycles. The zero-order valence-electron chi connectivity index (χ0n) is 10.9. The largest absolute Gasteiger partial charge is 0.348 e. The molecule has 0 saturated heterocycles. The maximum absolute atomic E-state index is 12.3. The molecule has 2 aromatic carbocycles. The maximum Gasteiger partial charge on any atom is 0.251 e. The molecule has 0 bridgehead atoms. The Balaban J connectivity index is 1.73. The lowest BCUT2D eigenvalue weighted by atomic mass is 10.0. The van der Waals surface area contributed by atoms with Gasteiger partial charge in [-0.05, 0) is 42.0 Å². The van der Waals surface area contributed by atoms with E-state index in [0.717, 1.165) is 30.4 Å². The highest BCUT2D eigenvalue weighted by molar-refractivity contribution is 5.96. The highest BCUT2D eigenvalue weighted by Gasteiger charge is 2.18. The summed E-state index contributed by atoms with van der Waals surface area (Å²) in [6, 6.07) is 16.1. The van der Waals surface area contributed by atoms with Crippen LogP contribution >= 0.6 is 0 Å². The van der Waals surface area contributed by atoms with E-state index in [9.17, 15) is 4.79 Å². The van der Waals surface area contributed by atoms with Gasteiger partial charge in [-0.2, -0.15) is 0 Å². The molecular formula is C17H17NO. The first-order chi connectivity index (χ1) is 9.34. The summed E-state index contributed by atoms with van der Waals surface area (Å²) in [5.74, 6) is 0.0441. The van der Waals surface area contributed by atoms with Gasteiger partial charge in [0, 0.05) is 12.1 Å². The van der Waals surface area contributed by atoms with Gasteiger partial charge in [0.15, 0.2) is 0 Å². The van der Waals surface area contributed by atoms with Gasteiger partial charge >= 0.3 is 0 Å². The number of benzene rings is 2. The van der Waals surface area contributed by atoms with Gasteiger partial charge in [0.05, 0.1) is 0 Å². The minimum absolute atomic E-state index is 0.0441. The molecule has 2 aromatic rings. The molecule has 2 heteroatoms. The molecule has 2 nitrogen and oxygen atoms in total. The van der Waals surface area contributed by atoms with Crippen LogP contribution in [0.3, 0.4) is 0 Å². The minimum atomic E-state index is 0.0441. The second kappa shape index (κ2) is 5.27. The van der Waals surface area contributed by atoms with Gasteiger partial charge in [-0.1, -0.05) is 42.5 Å². The molecule has 1 aliphatic rings. The third kappa shape index (κ3) is 2.53. The Morgan fingerprint density at radius 1 is 1.00 bits per heavy atom. The van der Waals surface area contributed by atoms with Crippen molar-refractivity contribution < 1.29 is 4.79 Å². The Morgan fingerprint density at radius 3 is 2.68 bits per heavy atom. The molecule has 0 heterocycles. The van der Waals surface area contributed by atoms with Gasteiger partial charge < -0.3 is 5.32 Å².